The number of rotatable bonds is 8. The zero-order valence-electron chi connectivity index (χ0n) is 14.4. The topological polar surface area (TPSA) is 128 Å². The van der Waals surface area contributed by atoms with Gasteiger partial charge >= 0.3 is 13.6 Å². The molecular weight excluding hydrogens is 365 g/mol. The number of amides is 3. The molecule has 1 aromatic rings. The summed E-state index contributed by atoms with van der Waals surface area (Å²) in [4.78, 5) is 42.9. The average Bonchev–Trinajstić information content (AvgIpc) is 2.51. The molecule has 3 amide bonds. The van der Waals surface area contributed by atoms with E-state index in [1.54, 1.807) is 23.9 Å². The lowest BCUT2D eigenvalue weighted by molar-refractivity contribution is -0.123. The highest BCUT2D eigenvalue weighted by Crippen LogP contribution is 2.32. The highest BCUT2D eigenvalue weighted by molar-refractivity contribution is 7.98. The Balaban J connectivity index is 2.67. The molecule has 1 aromatic carbocycles. The van der Waals surface area contributed by atoms with Crippen molar-refractivity contribution in [2.75, 3.05) is 17.9 Å². The van der Waals surface area contributed by atoms with Crippen LogP contribution in [0, 0.1) is 5.92 Å². The van der Waals surface area contributed by atoms with Crippen molar-refractivity contribution in [3.8, 4) is 0 Å². The van der Waals surface area contributed by atoms with E-state index < -0.39 is 31.9 Å². The summed E-state index contributed by atoms with van der Waals surface area (Å²) in [6.45, 7) is 3.76. The Morgan fingerprint density at radius 2 is 1.80 bits per heavy atom. The highest BCUT2D eigenvalue weighted by atomic mass is 32.2. The third-order valence-corrected chi connectivity index (χ3v) is 4.45. The molecule has 0 aromatic heterocycles. The van der Waals surface area contributed by atoms with Crippen LogP contribution in [-0.4, -0.2) is 40.3 Å². The van der Waals surface area contributed by atoms with Gasteiger partial charge in [-0.25, -0.2) is 4.79 Å². The summed E-state index contributed by atoms with van der Waals surface area (Å²) in [7, 11) is -4.35. The SMILES string of the molecule is CSc1ccc(NC(=O)NC(CC(C)C)C(=O)NCP(=O)(O)O)cc1. The molecule has 0 radical (unpaired) electrons. The first-order chi connectivity index (χ1) is 11.6. The number of hydrogen-bond acceptors (Lipinski definition) is 4. The van der Waals surface area contributed by atoms with Crippen molar-refractivity contribution < 1.29 is 23.9 Å². The normalized spacial score (nSPS) is 12.6. The molecule has 0 heterocycles. The molecule has 1 rings (SSSR count). The quantitative estimate of drug-likeness (QED) is 0.343. The van der Waals surface area contributed by atoms with E-state index in [-0.39, 0.29) is 5.92 Å². The van der Waals surface area contributed by atoms with E-state index >= 15 is 0 Å². The molecule has 0 bridgehead atoms. The van der Waals surface area contributed by atoms with Crippen LogP contribution in [-0.2, 0) is 9.36 Å². The second-order valence-corrected chi connectivity index (χ2v) is 8.40. The summed E-state index contributed by atoms with van der Waals surface area (Å²) in [6.07, 6.45) is 1.52. The Hall–Kier alpha value is -1.54. The molecule has 0 spiro atoms. The van der Waals surface area contributed by atoms with E-state index in [1.807, 2.05) is 32.2 Å². The van der Waals surface area contributed by atoms with Gasteiger partial charge in [-0.1, -0.05) is 13.8 Å². The third-order valence-electron chi connectivity index (χ3n) is 3.14. The number of nitrogens with one attached hydrogen (secondary N) is 3. The maximum Gasteiger partial charge on any atom is 0.344 e. The van der Waals surface area contributed by atoms with Crippen LogP contribution in [0.3, 0.4) is 0 Å². The number of carbonyl (C=O) groups is 2. The van der Waals surface area contributed by atoms with E-state index in [0.29, 0.717) is 12.1 Å². The van der Waals surface area contributed by atoms with Crippen LogP contribution in [0.5, 0.6) is 0 Å². The van der Waals surface area contributed by atoms with Gasteiger partial charge in [-0.2, -0.15) is 0 Å². The molecule has 0 saturated heterocycles. The first-order valence-corrected chi connectivity index (χ1v) is 10.7. The molecule has 25 heavy (non-hydrogen) atoms. The number of anilines is 1. The zero-order chi connectivity index (χ0) is 19.0. The fraction of sp³-hybridized carbons (Fsp3) is 0.467. The summed E-state index contributed by atoms with van der Waals surface area (Å²) in [5.74, 6) is -0.531. The lowest BCUT2D eigenvalue weighted by Crippen LogP contribution is -2.48. The first kappa shape index (κ1) is 21.5. The smallest absolute Gasteiger partial charge is 0.343 e. The predicted octanol–water partition coefficient (Wildman–Crippen LogP) is 2.20. The van der Waals surface area contributed by atoms with E-state index in [1.165, 1.54) is 0 Å². The van der Waals surface area contributed by atoms with Crippen molar-refractivity contribution in [1.82, 2.24) is 10.6 Å². The zero-order valence-corrected chi connectivity index (χ0v) is 16.1. The van der Waals surface area contributed by atoms with E-state index in [4.69, 9.17) is 9.79 Å². The minimum Gasteiger partial charge on any atom is -0.343 e. The van der Waals surface area contributed by atoms with Gasteiger partial charge in [-0.05, 0) is 42.9 Å². The van der Waals surface area contributed by atoms with Crippen LogP contribution >= 0.6 is 19.4 Å². The van der Waals surface area contributed by atoms with E-state index in [9.17, 15) is 14.2 Å². The van der Waals surface area contributed by atoms with Crippen molar-refractivity contribution in [3.63, 3.8) is 0 Å². The van der Waals surface area contributed by atoms with Crippen LogP contribution in [0.4, 0.5) is 10.5 Å². The number of benzene rings is 1. The molecule has 1 atom stereocenters. The third kappa shape index (κ3) is 8.92. The van der Waals surface area contributed by atoms with Gasteiger partial charge in [0.1, 0.15) is 12.3 Å². The standard InChI is InChI=1S/C15H24N3O5PS/c1-10(2)8-13(14(19)16-9-24(21,22)23)18-15(20)17-11-4-6-12(25-3)7-5-11/h4-7,10,13H,8-9H2,1-3H3,(H,16,19)(H2,17,18,20)(H2,21,22,23). The van der Waals surface area contributed by atoms with Crippen LogP contribution in [0.2, 0.25) is 0 Å². The molecule has 5 N–H and O–H groups in total. The van der Waals surface area contributed by atoms with Gasteiger partial charge in [0.15, 0.2) is 0 Å². The molecule has 140 valence electrons. The molecule has 0 fully saturated rings. The summed E-state index contributed by atoms with van der Waals surface area (Å²) >= 11 is 1.58. The lowest BCUT2D eigenvalue weighted by atomic mass is 10.0. The summed E-state index contributed by atoms with van der Waals surface area (Å²) < 4.78 is 10.9. The molecular formula is C15H24N3O5PS. The number of carbonyl (C=O) groups excluding carboxylic acids is 2. The molecule has 0 saturated carbocycles. The monoisotopic (exact) mass is 389 g/mol. The Kier molecular flexibility index (Phi) is 8.44. The fourth-order valence-corrected chi connectivity index (χ4v) is 2.78. The van der Waals surface area contributed by atoms with E-state index in [0.717, 1.165) is 4.90 Å². The Labute approximate surface area is 151 Å². The van der Waals surface area contributed by atoms with Crippen molar-refractivity contribution >= 4 is 37.0 Å². The number of thioether (sulfide) groups is 1. The van der Waals surface area contributed by atoms with Gasteiger partial charge in [0.25, 0.3) is 0 Å². The first-order valence-electron chi connectivity index (χ1n) is 7.64. The fourth-order valence-electron chi connectivity index (χ4n) is 2.01. The number of urea groups is 1. The maximum absolute atomic E-state index is 12.1. The van der Waals surface area contributed by atoms with Crippen molar-refractivity contribution in [2.24, 2.45) is 5.92 Å². The van der Waals surface area contributed by atoms with Gasteiger partial charge in [-0.3, -0.25) is 9.36 Å². The van der Waals surface area contributed by atoms with Crippen LogP contribution in [0.15, 0.2) is 29.2 Å². The molecule has 10 heteroatoms. The van der Waals surface area contributed by atoms with Crippen LogP contribution in [0.1, 0.15) is 20.3 Å². The van der Waals surface area contributed by atoms with Crippen molar-refractivity contribution in [1.29, 1.82) is 0 Å². The van der Waals surface area contributed by atoms with Gasteiger partial charge in [0.05, 0.1) is 0 Å². The highest BCUT2D eigenvalue weighted by Gasteiger charge is 2.24. The average molecular weight is 389 g/mol. The molecule has 0 aliphatic heterocycles. The van der Waals surface area contributed by atoms with Gasteiger partial charge < -0.3 is 25.7 Å². The largest absolute Gasteiger partial charge is 0.344 e. The van der Waals surface area contributed by atoms with Gasteiger partial charge in [0.2, 0.25) is 5.91 Å². The van der Waals surface area contributed by atoms with Gasteiger partial charge in [0, 0.05) is 10.6 Å². The van der Waals surface area contributed by atoms with Crippen LogP contribution in [0.25, 0.3) is 0 Å². The molecule has 0 aliphatic carbocycles. The Morgan fingerprint density at radius 1 is 1.20 bits per heavy atom. The van der Waals surface area contributed by atoms with Crippen LogP contribution < -0.4 is 16.0 Å². The minimum absolute atomic E-state index is 0.104. The molecule has 8 nitrogen and oxygen atoms in total. The molecule has 1 unspecified atom stereocenters. The summed E-state index contributed by atoms with van der Waals surface area (Å²) in [5, 5.41) is 7.34. The van der Waals surface area contributed by atoms with Gasteiger partial charge in [-0.15, -0.1) is 11.8 Å². The maximum atomic E-state index is 12.1. The number of hydrogen-bond donors (Lipinski definition) is 5. The second-order valence-electron chi connectivity index (χ2n) is 5.87. The Bertz CT molecular complexity index is 633. The molecule has 0 aliphatic rings. The second kappa shape index (κ2) is 9.82. The minimum atomic E-state index is -4.35. The lowest BCUT2D eigenvalue weighted by Gasteiger charge is -2.20. The summed E-state index contributed by atoms with van der Waals surface area (Å²) in [6, 6.07) is 5.76. The summed E-state index contributed by atoms with van der Waals surface area (Å²) in [5.41, 5.74) is 0.578. The van der Waals surface area contributed by atoms with Crippen molar-refractivity contribution in [2.45, 2.75) is 31.2 Å². The van der Waals surface area contributed by atoms with E-state index in [2.05, 4.69) is 16.0 Å². The Morgan fingerprint density at radius 3 is 2.28 bits per heavy atom. The predicted molar refractivity (Wildman–Crippen MR) is 98.7 cm³/mol. The van der Waals surface area contributed by atoms with Crippen molar-refractivity contribution in [3.05, 3.63) is 24.3 Å².